The van der Waals surface area contributed by atoms with E-state index in [0.717, 1.165) is 4.90 Å². The molecule has 0 spiro atoms. The Morgan fingerprint density at radius 2 is 2.05 bits per heavy atom. The number of isocyanates is 1. The van der Waals surface area contributed by atoms with Crippen LogP contribution in [0.3, 0.4) is 0 Å². The quantitative estimate of drug-likeness (QED) is 0.671. The first-order valence-corrected chi connectivity index (χ1v) is 6.60. The second-order valence-electron chi connectivity index (χ2n) is 4.24. The molecule has 1 amide bonds. The first kappa shape index (κ1) is 15.3. The number of aliphatic imine (C=N–C) groups is 1. The van der Waals surface area contributed by atoms with Crippen LogP contribution in [0.25, 0.3) is 0 Å². The number of nitrogens with zero attached hydrogens (tertiary/aromatic N) is 2. The van der Waals surface area contributed by atoms with E-state index in [4.69, 9.17) is 4.74 Å². The molecule has 0 saturated carbocycles. The minimum Gasteiger partial charge on any atom is -0.494 e. The fourth-order valence-corrected chi connectivity index (χ4v) is 2.03. The highest BCUT2D eigenvalue weighted by Crippen LogP contribution is 2.35. The average molecular weight is 298 g/mol. The zero-order valence-corrected chi connectivity index (χ0v) is 11.9. The van der Waals surface area contributed by atoms with Gasteiger partial charge in [-0.3, -0.25) is 0 Å². The van der Waals surface area contributed by atoms with Crippen LogP contribution < -0.4 is 9.64 Å². The van der Waals surface area contributed by atoms with Gasteiger partial charge in [-0.25, -0.2) is 14.5 Å². The highest BCUT2D eigenvalue weighted by Gasteiger charge is 2.20. The number of benzene rings is 2. The summed E-state index contributed by atoms with van der Waals surface area (Å²) in [5.74, 6) is 0.558. The largest absolute Gasteiger partial charge is 0.494 e. The molecule has 112 valence electrons. The van der Waals surface area contributed by atoms with Gasteiger partial charge in [-0.2, -0.15) is 4.99 Å². The molecule has 2 aromatic rings. The molecule has 0 aromatic heterocycles. The van der Waals surface area contributed by atoms with E-state index in [1.165, 1.54) is 6.08 Å². The summed E-state index contributed by atoms with van der Waals surface area (Å²) < 4.78 is 5.38. The topological polar surface area (TPSA) is 79.2 Å². The van der Waals surface area contributed by atoms with E-state index in [1.807, 2.05) is 6.92 Å². The Balaban J connectivity index is 2.54. The summed E-state index contributed by atoms with van der Waals surface area (Å²) in [5.41, 5.74) is 0.890. The van der Waals surface area contributed by atoms with Crippen LogP contribution in [-0.4, -0.2) is 23.9 Å². The van der Waals surface area contributed by atoms with Gasteiger partial charge in [-0.05, 0) is 31.2 Å². The molecule has 1 N–H and O–H groups in total. The van der Waals surface area contributed by atoms with Crippen molar-refractivity contribution in [2.24, 2.45) is 4.99 Å². The number of anilines is 2. The number of para-hydroxylation sites is 2. The van der Waals surface area contributed by atoms with Crippen LogP contribution in [0.4, 0.5) is 21.9 Å². The molecular formula is C16H14N2O4. The molecule has 0 unspecified atom stereocenters. The third-order valence-electron chi connectivity index (χ3n) is 2.87. The van der Waals surface area contributed by atoms with E-state index >= 15 is 0 Å². The lowest BCUT2D eigenvalue weighted by Crippen LogP contribution is -2.23. The summed E-state index contributed by atoms with van der Waals surface area (Å²) in [5, 5.41) is 9.54. The second kappa shape index (κ2) is 7.06. The van der Waals surface area contributed by atoms with Crippen molar-refractivity contribution in [2.75, 3.05) is 11.5 Å². The van der Waals surface area contributed by atoms with E-state index in [1.54, 1.807) is 48.5 Å². The van der Waals surface area contributed by atoms with Crippen molar-refractivity contribution < 1.29 is 19.4 Å². The van der Waals surface area contributed by atoms with Gasteiger partial charge in [0.1, 0.15) is 11.4 Å². The van der Waals surface area contributed by atoms with Crippen LogP contribution in [-0.2, 0) is 4.79 Å². The van der Waals surface area contributed by atoms with E-state index in [9.17, 15) is 14.7 Å². The molecule has 2 rings (SSSR count). The van der Waals surface area contributed by atoms with Gasteiger partial charge in [0.05, 0.1) is 18.0 Å². The first-order chi connectivity index (χ1) is 10.7. The molecule has 2 aromatic carbocycles. The summed E-state index contributed by atoms with van der Waals surface area (Å²) in [6.45, 7) is 2.32. The lowest BCUT2D eigenvalue weighted by molar-refractivity contribution is 0.205. The number of ether oxygens (including phenoxy) is 1. The van der Waals surface area contributed by atoms with Gasteiger partial charge in [0.2, 0.25) is 6.08 Å². The molecule has 0 bridgehead atoms. The molecule has 0 aliphatic carbocycles. The predicted molar refractivity (Wildman–Crippen MR) is 82.0 cm³/mol. The molecule has 6 heteroatoms. The summed E-state index contributed by atoms with van der Waals surface area (Å²) >= 11 is 0. The highest BCUT2D eigenvalue weighted by molar-refractivity contribution is 5.98. The van der Waals surface area contributed by atoms with Gasteiger partial charge in [-0.1, -0.05) is 18.2 Å². The number of carbonyl (C=O) groups is 1. The fourth-order valence-electron chi connectivity index (χ4n) is 2.03. The summed E-state index contributed by atoms with van der Waals surface area (Å²) in [4.78, 5) is 26.8. The summed E-state index contributed by atoms with van der Waals surface area (Å²) in [7, 11) is 0. The van der Waals surface area contributed by atoms with Gasteiger partial charge in [0.25, 0.3) is 0 Å². The lowest BCUT2D eigenvalue weighted by Gasteiger charge is -2.21. The zero-order chi connectivity index (χ0) is 15.9. The third kappa shape index (κ3) is 3.31. The van der Waals surface area contributed by atoms with Gasteiger partial charge >= 0.3 is 6.09 Å². The molecule has 0 aliphatic rings. The Kier molecular flexibility index (Phi) is 4.90. The Labute approximate surface area is 127 Å². The Morgan fingerprint density at radius 1 is 1.27 bits per heavy atom. The molecule has 0 fully saturated rings. The summed E-state index contributed by atoms with van der Waals surface area (Å²) in [6, 6.07) is 13.1. The molecule has 0 heterocycles. The molecule has 0 aliphatic heterocycles. The van der Waals surface area contributed by atoms with Gasteiger partial charge in [0, 0.05) is 6.07 Å². The standard InChI is InChI=1S/C16H14N2O4/c1-2-22-13-7-5-6-12(10-13)18(16(20)21)15-9-4-3-8-14(15)17-11-19/h3-10H,2H2,1H3,(H,20,21). The van der Waals surface area contributed by atoms with Gasteiger partial charge in [0.15, 0.2) is 0 Å². The monoisotopic (exact) mass is 298 g/mol. The molecule has 0 saturated heterocycles. The van der Waals surface area contributed by atoms with Crippen molar-refractivity contribution in [3.05, 3.63) is 48.5 Å². The van der Waals surface area contributed by atoms with Crippen LogP contribution in [0, 0.1) is 0 Å². The van der Waals surface area contributed by atoms with Crippen LogP contribution in [0.1, 0.15) is 6.92 Å². The van der Waals surface area contributed by atoms with Crippen molar-refractivity contribution in [1.82, 2.24) is 0 Å². The maximum absolute atomic E-state index is 11.7. The number of carbonyl (C=O) groups excluding carboxylic acids is 1. The Morgan fingerprint density at radius 3 is 2.73 bits per heavy atom. The van der Waals surface area contributed by atoms with Crippen molar-refractivity contribution >= 4 is 29.2 Å². The molecule has 0 atom stereocenters. The molecule has 22 heavy (non-hydrogen) atoms. The number of hydrogen-bond acceptors (Lipinski definition) is 4. The predicted octanol–water partition coefficient (Wildman–Crippen LogP) is 3.87. The van der Waals surface area contributed by atoms with Crippen molar-refractivity contribution in [3.8, 4) is 5.75 Å². The van der Waals surface area contributed by atoms with E-state index in [2.05, 4.69) is 4.99 Å². The van der Waals surface area contributed by atoms with E-state index < -0.39 is 6.09 Å². The lowest BCUT2D eigenvalue weighted by atomic mass is 10.2. The van der Waals surface area contributed by atoms with Gasteiger partial charge in [-0.15, -0.1) is 0 Å². The molecule has 0 radical (unpaired) electrons. The Hall–Kier alpha value is -3.11. The zero-order valence-electron chi connectivity index (χ0n) is 11.9. The first-order valence-electron chi connectivity index (χ1n) is 6.60. The smallest absolute Gasteiger partial charge is 0.416 e. The number of rotatable bonds is 5. The minimum atomic E-state index is -1.19. The second-order valence-corrected chi connectivity index (χ2v) is 4.24. The van der Waals surface area contributed by atoms with Gasteiger partial charge < -0.3 is 9.84 Å². The fraction of sp³-hybridized carbons (Fsp3) is 0.125. The highest BCUT2D eigenvalue weighted by atomic mass is 16.5. The van der Waals surface area contributed by atoms with Crippen LogP contribution in [0.5, 0.6) is 5.75 Å². The average Bonchev–Trinajstić information content (AvgIpc) is 2.50. The van der Waals surface area contributed by atoms with Crippen LogP contribution in [0.15, 0.2) is 53.5 Å². The van der Waals surface area contributed by atoms with Crippen molar-refractivity contribution in [3.63, 3.8) is 0 Å². The van der Waals surface area contributed by atoms with Crippen LogP contribution in [0.2, 0.25) is 0 Å². The maximum atomic E-state index is 11.7. The number of carboxylic acid groups (broad SMARTS) is 1. The van der Waals surface area contributed by atoms with E-state index in [0.29, 0.717) is 18.0 Å². The number of amides is 1. The number of hydrogen-bond donors (Lipinski definition) is 1. The Bertz CT molecular complexity index is 724. The maximum Gasteiger partial charge on any atom is 0.416 e. The van der Waals surface area contributed by atoms with E-state index in [-0.39, 0.29) is 11.4 Å². The van der Waals surface area contributed by atoms with Crippen LogP contribution >= 0.6 is 0 Å². The normalized spacial score (nSPS) is 9.68. The SMILES string of the molecule is CCOc1cccc(N(C(=O)O)c2ccccc2N=C=O)c1. The van der Waals surface area contributed by atoms with Crippen molar-refractivity contribution in [1.29, 1.82) is 0 Å². The molecule has 6 nitrogen and oxygen atoms in total. The minimum absolute atomic E-state index is 0.224. The van der Waals surface area contributed by atoms with Crippen molar-refractivity contribution in [2.45, 2.75) is 6.92 Å². The molecular weight excluding hydrogens is 284 g/mol. The third-order valence-corrected chi connectivity index (χ3v) is 2.87. The summed E-state index contributed by atoms with van der Waals surface area (Å²) in [6.07, 6.45) is 0.240.